The number of amides is 3. The molecule has 0 aromatic heterocycles. The number of nitrogen functional groups attached to an aromatic ring is 1. The topological polar surface area (TPSA) is 144 Å². The number of rotatable bonds is 4. The Balaban J connectivity index is 1.74. The Hall–Kier alpha value is -4.08. The van der Waals surface area contributed by atoms with Gasteiger partial charge in [0.25, 0.3) is 0 Å². The van der Waals surface area contributed by atoms with Crippen LogP contribution in [0.15, 0.2) is 36.4 Å². The Kier molecular flexibility index (Phi) is 6.41. The summed E-state index contributed by atoms with van der Waals surface area (Å²) in [5.74, 6) is -0.339. The number of benzene rings is 2. The van der Waals surface area contributed by atoms with Crippen LogP contribution in [0.3, 0.4) is 0 Å². The molecule has 0 unspecified atom stereocenters. The predicted molar refractivity (Wildman–Crippen MR) is 143 cm³/mol. The van der Waals surface area contributed by atoms with E-state index in [-0.39, 0.29) is 17.7 Å². The summed E-state index contributed by atoms with van der Waals surface area (Å²) in [5.41, 5.74) is 5.76. The predicted octanol–water partition coefficient (Wildman–Crippen LogP) is 5.03. The molecule has 1 aliphatic heterocycles. The Morgan fingerprint density at radius 1 is 1.05 bits per heavy atom. The normalized spacial score (nSPS) is 20.1. The van der Waals surface area contributed by atoms with Crippen molar-refractivity contribution in [1.29, 1.82) is 5.41 Å². The van der Waals surface area contributed by atoms with E-state index in [1.807, 2.05) is 0 Å². The van der Waals surface area contributed by atoms with Crippen molar-refractivity contribution in [1.82, 2.24) is 0 Å². The van der Waals surface area contributed by atoms with Crippen molar-refractivity contribution in [2.24, 2.45) is 5.73 Å². The summed E-state index contributed by atoms with van der Waals surface area (Å²) in [5, 5.41) is 10.6. The van der Waals surface area contributed by atoms with Crippen molar-refractivity contribution in [3.05, 3.63) is 53.1 Å². The first-order chi connectivity index (χ1) is 17.6. The van der Waals surface area contributed by atoms with Crippen LogP contribution in [0.25, 0.3) is 0 Å². The molecule has 3 amide bonds. The molecule has 202 valence electrons. The first-order valence-electron chi connectivity index (χ1n) is 12.3. The van der Waals surface area contributed by atoms with Crippen LogP contribution in [0.1, 0.15) is 70.6 Å². The van der Waals surface area contributed by atoms with Crippen molar-refractivity contribution >= 4 is 35.3 Å². The van der Waals surface area contributed by atoms with E-state index in [0.29, 0.717) is 34.7 Å². The Bertz CT molecular complexity index is 1340. The number of nitrogens with two attached hydrogens (primary N) is 1. The standard InChI is InChI=1S/C28H34N4O6/c1-26(2,3)37-24(34)31-20-12-15(8-10-17(20)22(29)30)19-14-28(19)18-13-16(36-7)9-11-21(18)32(23(28)33)25(35)38-27(4,5)6/h8-13,19H,14H2,1-7H3,(H3,29,30)(H,31,34)/t19-,28-/m0/s1. The fourth-order valence-electron chi connectivity index (χ4n) is 4.84. The summed E-state index contributed by atoms with van der Waals surface area (Å²) in [4.78, 5) is 40.6. The van der Waals surface area contributed by atoms with Crippen LogP contribution < -0.4 is 20.7 Å². The summed E-state index contributed by atoms with van der Waals surface area (Å²) in [6.07, 6.45) is -0.988. The molecule has 4 N–H and O–H groups in total. The Morgan fingerprint density at radius 2 is 1.71 bits per heavy atom. The van der Waals surface area contributed by atoms with Gasteiger partial charge in [0.2, 0.25) is 5.91 Å². The Morgan fingerprint density at radius 3 is 2.29 bits per heavy atom. The number of nitrogens with one attached hydrogen (secondary N) is 2. The molecule has 38 heavy (non-hydrogen) atoms. The number of nitrogens with zero attached hydrogens (tertiary/aromatic N) is 1. The van der Waals surface area contributed by atoms with Gasteiger partial charge in [0.1, 0.15) is 22.8 Å². The minimum Gasteiger partial charge on any atom is -0.497 e. The van der Waals surface area contributed by atoms with E-state index < -0.39 is 28.8 Å². The van der Waals surface area contributed by atoms with Crippen LogP contribution in [0.5, 0.6) is 5.75 Å². The highest BCUT2D eigenvalue weighted by molar-refractivity contribution is 6.23. The minimum atomic E-state index is -0.998. The molecule has 2 aromatic rings. The zero-order chi connectivity index (χ0) is 28.2. The SMILES string of the molecule is COc1ccc2c(c1)[C@]1(C[C@H]1c1ccc(C(=N)N)c(NC(=O)OC(C)(C)C)c1)C(=O)N2C(=O)OC(C)(C)C. The van der Waals surface area contributed by atoms with Gasteiger partial charge in [0, 0.05) is 11.5 Å². The van der Waals surface area contributed by atoms with Crippen molar-refractivity contribution in [3.63, 3.8) is 0 Å². The molecule has 10 heteroatoms. The number of carbonyl (C=O) groups excluding carboxylic acids is 3. The van der Waals surface area contributed by atoms with Crippen LogP contribution in [-0.2, 0) is 19.7 Å². The third-order valence-electron chi connectivity index (χ3n) is 6.42. The molecule has 1 spiro atoms. The number of hydrogen-bond donors (Lipinski definition) is 3. The quantitative estimate of drug-likeness (QED) is 0.377. The van der Waals surface area contributed by atoms with E-state index in [2.05, 4.69) is 5.32 Å². The van der Waals surface area contributed by atoms with E-state index in [1.54, 1.807) is 77.9 Å². The molecule has 2 aliphatic rings. The number of amidine groups is 1. The molecular formula is C28H34N4O6. The fraction of sp³-hybridized carbons (Fsp3) is 0.429. The van der Waals surface area contributed by atoms with E-state index in [9.17, 15) is 14.4 Å². The highest BCUT2D eigenvalue weighted by Gasteiger charge is 2.68. The van der Waals surface area contributed by atoms with E-state index in [0.717, 1.165) is 10.5 Å². The lowest BCUT2D eigenvalue weighted by atomic mass is 9.91. The third-order valence-corrected chi connectivity index (χ3v) is 6.42. The van der Waals surface area contributed by atoms with Crippen molar-refractivity contribution in [2.75, 3.05) is 17.3 Å². The van der Waals surface area contributed by atoms with Crippen LogP contribution >= 0.6 is 0 Å². The lowest BCUT2D eigenvalue weighted by molar-refractivity contribution is -0.120. The molecule has 2 atom stereocenters. The average Bonchev–Trinajstić information content (AvgIpc) is 3.48. The second-order valence-corrected chi connectivity index (χ2v) is 11.6. The number of ether oxygens (including phenoxy) is 3. The van der Waals surface area contributed by atoms with Gasteiger partial charge in [-0.1, -0.05) is 6.07 Å². The second-order valence-electron chi connectivity index (χ2n) is 11.6. The summed E-state index contributed by atoms with van der Waals surface area (Å²) < 4.78 is 16.3. The van der Waals surface area contributed by atoms with Crippen LogP contribution in [0, 0.1) is 5.41 Å². The van der Waals surface area contributed by atoms with Gasteiger partial charge in [-0.3, -0.25) is 15.5 Å². The monoisotopic (exact) mass is 522 g/mol. The first-order valence-corrected chi connectivity index (χ1v) is 12.3. The molecule has 0 saturated heterocycles. The molecule has 0 radical (unpaired) electrons. The smallest absolute Gasteiger partial charge is 0.421 e. The third kappa shape index (κ3) is 4.90. The molecule has 1 saturated carbocycles. The van der Waals surface area contributed by atoms with Gasteiger partial charge in [-0.25, -0.2) is 14.5 Å². The van der Waals surface area contributed by atoms with E-state index >= 15 is 0 Å². The maximum atomic E-state index is 13.9. The van der Waals surface area contributed by atoms with Crippen molar-refractivity contribution in [3.8, 4) is 5.75 Å². The maximum absolute atomic E-state index is 13.9. The van der Waals surface area contributed by atoms with Gasteiger partial charge >= 0.3 is 12.2 Å². The second kappa shape index (κ2) is 9.04. The van der Waals surface area contributed by atoms with Crippen LogP contribution in [0.4, 0.5) is 21.0 Å². The number of hydrogen-bond acceptors (Lipinski definition) is 7. The lowest BCUT2D eigenvalue weighted by Gasteiger charge is -2.24. The Labute approximate surface area is 221 Å². The van der Waals surface area contributed by atoms with Gasteiger partial charge in [0.15, 0.2) is 0 Å². The number of methoxy groups -OCH3 is 1. The molecule has 1 heterocycles. The number of anilines is 2. The van der Waals surface area contributed by atoms with Crippen molar-refractivity contribution in [2.45, 2.75) is 70.5 Å². The number of carbonyl (C=O) groups is 3. The van der Waals surface area contributed by atoms with Gasteiger partial charge in [-0.2, -0.15) is 0 Å². The van der Waals surface area contributed by atoms with Gasteiger partial charge < -0.3 is 19.9 Å². The average molecular weight is 523 g/mol. The van der Waals surface area contributed by atoms with Crippen molar-refractivity contribution < 1.29 is 28.6 Å². The van der Waals surface area contributed by atoms with Crippen LogP contribution in [-0.4, -0.2) is 42.2 Å². The van der Waals surface area contributed by atoms with Gasteiger partial charge in [-0.15, -0.1) is 0 Å². The molecular weight excluding hydrogens is 488 g/mol. The van der Waals surface area contributed by atoms with E-state index in [1.165, 1.54) is 7.11 Å². The fourth-order valence-corrected chi connectivity index (χ4v) is 4.84. The minimum absolute atomic E-state index is 0.226. The van der Waals surface area contributed by atoms with E-state index in [4.69, 9.17) is 25.4 Å². The molecule has 0 bridgehead atoms. The zero-order valence-corrected chi connectivity index (χ0v) is 22.7. The highest BCUT2D eigenvalue weighted by Crippen LogP contribution is 2.67. The van der Waals surface area contributed by atoms with Crippen LogP contribution in [0.2, 0.25) is 0 Å². The lowest BCUT2D eigenvalue weighted by Crippen LogP contribution is -2.41. The maximum Gasteiger partial charge on any atom is 0.421 e. The largest absolute Gasteiger partial charge is 0.497 e. The molecule has 1 aliphatic carbocycles. The number of imide groups is 1. The molecule has 2 aromatic carbocycles. The summed E-state index contributed by atoms with van der Waals surface area (Å²) in [6, 6.07) is 10.3. The zero-order valence-electron chi connectivity index (χ0n) is 22.7. The highest BCUT2D eigenvalue weighted by atomic mass is 16.6. The van der Waals surface area contributed by atoms with Gasteiger partial charge in [0.05, 0.1) is 23.9 Å². The molecule has 10 nitrogen and oxygen atoms in total. The first kappa shape index (κ1) is 27.0. The summed E-state index contributed by atoms with van der Waals surface area (Å²) >= 11 is 0. The van der Waals surface area contributed by atoms with Gasteiger partial charge in [-0.05, 0) is 89.4 Å². The summed E-state index contributed by atoms with van der Waals surface area (Å²) in [6.45, 7) is 10.5. The number of fused-ring (bicyclic) bond motifs is 2. The molecule has 1 fully saturated rings. The summed E-state index contributed by atoms with van der Waals surface area (Å²) in [7, 11) is 1.54. The molecule has 4 rings (SSSR count).